The SMILES string of the molecule is CC(C)(N)CC(=O)NC1CCCCNC1=O. The van der Waals surface area contributed by atoms with Gasteiger partial charge in [-0.2, -0.15) is 0 Å². The Labute approximate surface area is 96.1 Å². The molecule has 0 aromatic carbocycles. The molecule has 4 N–H and O–H groups in total. The van der Waals surface area contributed by atoms with Gasteiger partial charge in [0.25, 0.3) is 0 Å². The Bertz CT molecular complexity index is 271. The van der Waals surface area contributed by atoms with E-state index in [9.17, 15) is 9.59 Å². The highest BCUT2D eigenvalue weighted by Gasteiger charge is 2.24. The predicted molar refractivity (Wildman–Crippen MR) is 61.7 cm³/mol. The molecule has 16 heavy (non-hydrogen) atoms. The average molecular weight is 227 g/mol. The molecule has 1 rings (SSSR count). The molecule has 1 atom stereocenters. The zero-order chi connectivity index (χ0) is 12.2. The third kappa shape index (κ3) is 4.61. The van der Waals surface area contributed by atoms with Crippen LogP contribution in [0.4, 0.5) is 0 Å². The van der Waals surface area contributed by atoms with Gasteiger partial charge in [0.1, 0.15) is 6.04 Å². The monoisotopic (exact) mass is 227 g/mol. The number of amides is 2. The second kappa shape index (κ2) is 5.30. The average Bonchev–Trinajstić information content (AvgIpc) is 2.29. The molecule has 0 aliphatic carbocycles. The number of hydrogen-bond donors (Lipinski definition) is 3. The van der Waals surface area contributed by atoms with Gasteiger partial charge in [0.05, 0.1) is 0 Å². The summed E-state index contributed by atoms with van der Waals surface area (Å²) in [5, 5.41) is 5.51. The molecule has 1 heterocycles. The minimum absolute atomic E-state index is 0.0827. The number of hydrogen-bond acceptors (Lipinski definition) is 3. The lowest BCUT2D eigenvalue weighted by atomic mass is 10.0. The van der Waals surface area contributed by atoms with E-state index >= 15 is 0 Å². The fraction of sp³-hybridized carbons (Fsp3) is 0.818. The predicted octanol–water partition coefficient (Wildman–Crippen LogP) is -0.101. The van der Waals surface area contributed by atoms with Gasteiger partial charge in [0.15, 0.2) is 0 Å². The molecule has 1 fully saturated rings. The Morgan fingerprint density at radius 1 is 1.56 bits per heavy atom. The zero-order valence-electron chi connectivity index (χ0n) is 10.0. The summed E-state index contributed by atoms with van der Waals surface area (Å²) in [4.78, 5) is 23.2. The van der Waals surface area contributed by atoms with Crippen LogP contribution in [0.1, 0.15) is 39.5 Å². The van der Waals surface area contributed by atoms with Crippen molar-refractivity contribution in [2.45, 2.75) is 51.1 Å². The fourth-order valence-corrected chi connectivity index (χ4v) is 1.74. The van der Waals surface area contributed by atoms with Crippen LogP contribution in [-0.2, 0) is 9.59 Å². The van der Waals surface area contributed by atoms with Gasteiger partial charge in [-0.05, 0) is 33.1 Å². The largest absolute Gasteiger partial charge is 0.354 e. The second-order valence-electron chi connectivity index (χ2n) is 5.07. The van der Waals surface area contributed by atoms with Crippen molar-refractivity contribution in [3.8, 4) is 0 Å². The summed E-state index contributed by atoms with van der Waals surface area (Å²) in [7, 11) is 0. The van der Waals surface area contributed by atoms with Gasteiger partial charge in [-0.25, -0.2) is 0 Å². The molecule has 0 saturated carbocycles. The van der Waals surface area contributed by atoms with Crippen LogP contribution >= 0.6 is 0 Å². The summed E-state index contributed by atoms with van der Waals surface area (Å²) in [6.07, 6.45) is 2.87. The van der Waals surface area contributed by atoms with Crippen molar-refractivity contribution in [1.29, 1.82) is 0 Å². The molecule has 1 aliphatic heterocycles. The normalized spacial score (nSPS) is 22.2. The molecule has 0 aromatic heterocycles. The fourth-order valence-electron chi connectivity index (χ4n) is 1.74. The van der Waals surface area contributed by atoms with Crippen LogP contribution in [0.2, 0.25) is 0 Å². The summed E-state index contributed by atoms with van der Waals surface area (Å²) in [5.41, 5.74) is 5.21. The van der Waals surface area contributed by atoms with Gasteiger partial charge in [0.2, 0.25) is 11.8 Å². The molecule has 1 unspecified atom stereocenters. The highest BCUT2D eigenvalue weighted by atomic mass is 16.2. The summed E-state index contributed by atoms with van der Waals surface area (Å²) >= 11 is 0. The number of rotatable bonds is 3. The maximum Gasteiger partial charge on any atom is 0.242 e. The maximum atomic E-state index is 11.6. The first-order valence-electron chi connectivity index (χ1n) is 5.74. The van der Waals surface area contributed by atoms with Gasteiger partial charge in [-0.3, -0.25) is 9.59 Å². The molecule has 2 amide bonds. The molecule has 5 heteroatoms. The van der Waals surface area contributed by atoms with Crippen LogP contribution in [0.3, 0.4) is 0 Å². The molecule has 0 radical (unpaired) electrons. The van der Waals surface area contributed by atoms with E-state index in [0.717, 1.165) is 12.8 Å². The van der Waals surface area contributed by atoms with Crippen molar-refractivity contribution in [3.05, 3.63) is 0 Å². The van der Waals surface area contributed by atoms with Crippen molar-refractivity contribution in [1.82, 2.24) is 10.6 Å². The third-order valence-corrected chi connectivity index (χ3v) is 2.49. The highest BCUT2D eigenvalue weighted by Crippen LogP contribution is 2.07. The Morgan fingerprint density at radius 3 is 2.88 bits per heavy atom. The van der Waals surface area contributed by atoms with E-state index in [4.69, 9.17) is 5.73 Å². The molecule has 5 nitrogen and oxygen atoms in total. The Balaban J connectivity index is 2.45. The van der Waals surface area contributed by atoms with Crippen LogP contribution in [0.25, 0.3) is 0 Å². The van der Waals surface area contributed by atoms with Crippen molar-refractivity contribution < 1.29 is 9.59 Å². The topological polar surface area (TPSA) is 84.2 Å². The van der Waals surface area contributed by atoms with Crippen LogP contribution in [0, 0.1) is 0 Å². The number of carbonyl (C=O) groups excluding carboxylic acids is 2. The minimum atomic E-state index is -0.536. The van der Waals surface area contributed by atoms with Crippen molar-refractivity contribution in [2.24, 2.45) is 5.73 Å². The zero-order valence-corrected chi connectivity index (χ0v) is 10.0. The summed E-state index contributed by atoms with van der Waals surface area (Å²) in [6.45, 7) is 4.28. The number of nitrogens with two attached hydrogens (primary N) is 1. The summed E-state index contributed by atoms with van der Waals surface area (Å²) in [6, 6.07) is -0.391. The standard InChI is InChI=1S/C11H21N3O2/c1-11(2,12)7-9(15)14-8-5-3-4-6-13-10(8)16/h8H,3-7,12H2,1-2H3,(H,13,16)(H,14,15). The Hall–Kier alpha value is -1.10. The van der Waals surface area contributed by atoms with Gasteiger partial charge in [-0.15, -0.1) is 0 Å². The van der Waals surface area contributed by atoms with E-state index in [1.807, 2.05) is 0 Å². The van der Waals surface area contributed by atoms with Crippen LogP contribution in [0.15, 0.2) is 0 Å². The van der Waals surface area contributed by atoms with Gasteiger partial charge in [-0.1, -0.05) is 0 Å². The smallest absolute Gasteiger partial charge is 0.242 e. The van der Waals surface area contributed by atoms with E-state index in [0.29, 0.717) is 13.0 Å². The molecule has 0 aromatic rings. The van der Waals surface area contributed by atoms with Gasteiger partial charge >= 0.3 is 0 Å². The first-order chi connectivity index (χ1) is 7.38. The maximum absolute atomic E-state index is 11.6. The highest BCUT2D eigenvalue weighted by molar-refractivity contribution is 5.88. The van der Waals surface area contributed by atoms with E-state index in [-0.39, 0.29) is 18.2 Å². The van der Waals surface area contributed by atoms with Crippen molar-refractivity contribution >= 4 is 11.8 Å². The quantitative estimate of drug-likeness (QED) is 0.629. The van der Waals surface area contributed by atoms with Crippen LogP contribution < -0.4 is 16.4 Å². The van der Waals surface area contributed by atoms with Crippen LogP contribution in [-0.4, -0.2) is 29.9 Å². The summed E-state index contributed by atoms with van der Waals surface area (Å²) in [5.74, 6) is -0.241. The van der Waals surface area contributed by atoms with Crippen molar-refractivity contribution in [3.63, 3.8) is 0 Å². The lowest BCUT2D eigenvalue weighted by Gasteiger charge is -2.20. The van der Waals surface area contributed by atoms with Gasteiger partial charge < -0.3 is 16.4 Å². The van der Waals surface area contributed by atoms with E-state index < -0.39 is 11.6 Å². The minimum Gasteiger partial charge on any atom is -0.354 e. The first-order valence-corrected chi connectivity index (χ1v) is 5.74. The molecular weight excluding hydrogens is 206 g/mol. The molecule has 0 spiro atoms. The van der Waals surface area contributed by atoms with E-state index in [2.05, 4.69) is 10.6 Å². The molecular formula is C11H21N3O2. The molecule has 1 aliphatic rings. The van der Waals surface area contributed by atoms with Crippen LogP contribution in [0.5, 0.6) is 0 Å². The number of carbonyl (C=O) groups is 2. The van der Waals surface area contributed by atoms with E-state index in [1.54, 1.807) is 13.8 Å². The number of nitrogens with one attached hydrogen (secondary N) is 2. The Kier molecular flexibility index (Phi) is 4.29. The molecule has 1 saturated heterocycles. The summed E-state index contributed by atoms with van der Waals surface area (Å²) < 4.78 is 0. The van der Waals surface area contributed by atoms with E-state index in [1.165, 1.54) is 0 Å². The lowest BCUT2D eigenvalue weighted by Crippen LogP contribution is -2.48. The lowest BCUT2D eigenvalue weighted by molar-refractivity contribution is -0.129. The second-order valence-corrected chi connectivity index (χ2v) is 5.07. The molecule has 0 bridgehead atoms. The first kappa shape index (κ1) is 13.0. The Morgan fingerprint density at radius 2 is 2.25 bits per heavy atom. The third-order valence-electron chi connectivity index (χ3n) is 2.49. The molecule has 92 valence electrons. The van der Waals surface area contributed by atoms with Crippen molar-refractivity contribution in [2.75, 3.05) is 6.54 Å². The van der Waals surface area contributed by atoms with Gasteiger partial charge in [0, 0.05) is 18.5 Å².